The Hall–Kier alpha value is -2.49. The summed E-state index contributed by atoms with van der Waals surface area (Å²) in [5.74, 6) is 2.65. The SMILES string of the molecule is O=CCC#Cc1cc(OC(F)(F)F)cc(C(=O)O)c1. The van der Waals surface area contributed by atoms with Crippen molar-refractivity contribution in [2.24, 2.45) is 0 Å². The number of aromatic carboxylic acids is 1. The first-order valence-corrected chi connectivity index (χ1v) is 4.88. The van der Waals surface area contributed by atoms with Crippen LogP contribution >= 0.6 is 0 Å². The summed E-state index contributed by atoms with van der Waals surface area (Å²) < 4.78 is 39.8. The highest BCUT2D eigenvalue weighted by molar-refractivity contribution is 5.88. The molecule has 100 valence electrons. The third kappa shape index (κ3) is 5.12. The lowest BCUT2D eigenvalue weighted by atomic mass is 10.1. The molecular weight excluding hydrogens is 265 g/mol. The molecule has 0 spiro atoms. The summed E-state index contributed by atoms with van der Waals surface area (Å²) in [4.78, 5) is 20.8. The third-order valence-electron chi connectivity index (χ3n) is 1.81. The molecule has 0 heterocycles. The molecule has 0 aromatic heterocycles. The van der Waals surface area contributed by atoms with Crippen LogP contribution in [0.3, 0.4) is 0 Å². The zero-order valence-electron chi connectivity index (χ0n) is 9.32. The van der Waals surface area contributed by atoms with Crippen LogP contribution in [0.1, 0.15) is 22.3 Å². The van der Waals surface area contributed by atoms with Gasteiger partial charge >= 0.3 is 12.3 Å². The first-order valence-electron chi connectivity index (χ1n) is 4.88. The van der Waals surface area contributed by atoms with Crippen molar-refractivity contribution in [3.63, 3.8) is 0 Å². The smallest absolute Gasteiger partial charge is 0.478 e. The first-order chi connectivity index (χ1) is 8.81. The topological polar surface area (TPSA) is 63.6 Å². The molecule has 19 heavy (non-hydrogen) atoms. The minimum absolute atomic E-state index is 0.0148. The fourth-order valence-corrected chi connectivity index (χ4v) is 1.18. The third-order valence-corrected chi connectivity index (χ3v) is 1.81. The molecular formula is C12H7F3O4. The Morgan fingerprint density at radius 3 is 2.58 bits per heavy atom. The summed E-state index contributed by atoms with van der Waals surface area (Å²) in [6.45, 7) is 0. The lowest BCUT2D eigenvalue weighted by Gasteiger charge is -2.09. The molecule has 0 aliphatic rings. The Kier molecular flexibility index (Phi) is 4.53. The normalized spacial score (nSPS) is 10.3. The largest absolute Gasteiger partial charge is 0.573 e. The van der Waals surface area contributed by atoms with Gasteiger partial charge in [-0.2, -0.15) is 0 Å². The van der Waals surface area contributed by atoms with Crippen LogP contribution in [0, 0.1) is 11.8 Å². The molecule has 0 amide bonds. The number of carbonyl (C=O) groups excluding carboxylic acids is 1. The van der Waals surface area contributed by atoms with E-state index in [4.69, 9.17) is 5.11 Å². The second-order valence-electron chi connectivity index (χ2n) is 3.27. The Bertz CT molecular complexity index is 552. The molecule has 0 unspecified atom stereocenters. The van der Waals surface area contributed by atoms with E-state index in [9.17, 15) is 22.8 Å². The van der Waals surface area contributed by atoms with E-state index in [1.807, 2.05) is 0 Å². The number of alkyl halides is 3. The second kappa shape index (κ2) is 5.91. The van der Waals surface area contributed by atoms with Gasteiger partial charge < -0.3 is 14.6 Å². The zero-order valence-corrected chi connectivity index (χ0v) is 9.32. The van der Waals surface area contributed by atoms with Crippen molar-refractivity contribution < 1.29 is 32.6 Å². The molecule has 0 saturated carbocycles. The lowest BCUT2D eigenvalue weighted by Crippen LogP contribution is -2.17. The molecule has 1 aromatic rings. The molecule has 0 saturated heterocycles. The van der Waals surface area contributed by atoms with Crippen LogP contribution in [-0.2, 0) is 4.79 Å². The summed E-state index contributed by atoms with van der Waals surface area (Å²) in [5.41, 5.74) is -0.377. The number of halogens is 3. The van der Waals surface area contributed by atoms with Gasteiger partial charge in [-0.25, -0.2) is 4.79 Å². The maximum absolute atomic E-state index is 12.1. The Morgan fingerprint density at radius 1 is 1.37 bits per heavy atom. The number of carboxylic acid groups (broad SMARTS) is 1. The summed E-state index contributed by atoms with van der Waals surface area (Å²) in [7, 11) is 0. The van der Waals surface area contributed by atoms with E-state index in [1.165, 1.54) is 0 Å². The highest BCUT2D eigenvalue weighted by Crippen LogP contribution is 2.25. The van der Waals surface area contributed by atoms with E-state index in [0.717, 1.165) is 18.2 Å². The van der Waals surface area contributed by atoms with Gasteiger partial charge in [0.2, 0.25) is 0 Å². The summed E-state index contributed by atoms with van der Waals surface area (Å²) in [6.07, 6.45) is -4.52. The number of hydrogen-bond donors (Lipinski definition) is 1. The summed E-state index contributed by atoms with van der Waals surface area (Å²) in [6, 6.07) is 2.77. The van der Waals surface area contributed by atoms with Crippen molar-refractivity contribution in [3.8, 4) is 17.6 Å². The standard InChI is InChI=1S/C12H7F3O4/c13-12(14,15)19-10-6-8(3-1-2-4-16)5-9(7-10)11(17)18/h4-7H,2H2,(H,17,18). The van der Waals surface area contributed by atoms with Crippen LogP contribution < -0.4 is 4.74 Å². The molecule has 7 heteroatoms. The maximum Gasteiger partial charge on any atom is 0.573 e. The van der Waals surface area contributed by atoms with E-state index < -0.39 is 23.6 Å². The van der Waals surface area contributed by atoms with Crippen LogP contribution in [0.15, 0.2) is 18.2 Å². The maximum atomic E-state index is 12.1. The van der Waals surface area contributed by atoms with Crippen LogP contribution in [0.25, 0.3) is 0 Å². The van der Waals surface area contributed by atoms with Gasteiger partial charge in [0.1, 0.15) is 12.0 Å². The molecule has 0 fully saturated rings. The minimum Gasteiger partial charge on any atom is -0.478 e. The zero-order chi connectivity index (χ0) is 14.5. The quantitative estimate of drug-likeness (QED) is 0.677. The molecule has 1 N–H and O–H groups in total. The first kappa shape index (κ1) is 14.6. The number of aldehydes is 1. The van der Waals surface area contributed by atoms with Gasteiger partial charge in [-0.15, -0.1) is 13.2 Å². The van der Waals surface area contributed by atoms with Crippen molar-refractivity contribution >= 4 is 12.3 Å². The van der Waals surface area contributed by atoms with Crippen molar-refractivity contribution in [1.82, 2.24) is 0 Å². The molecule has 0 atom stereocenters. The number of benzene rings is 1. The summed E-state index contributed by atoms with van der Waals surface area (Å²) in [5, 5.41) is 8.76. The van der Waals surface area contributed by atoms with Crippen LogP contribution in [0.5, 0.6) is 5.75 Å². The van der Waals surface area contributed by atoms with Crippen molar-refractivity contribution in [1.29, 1.82) is 0 Å². The molecule has 0 aliphatic carbocycles. The molecule has 1 aromatic carbocycles. The van der Waals surface area contributed by atoms with Gasteiger partial charge in [0, 0.05) is 5.56 Å². The van der Waals surface area contributed by atoms with Crippen LogP contribution in [0.2, 0.25) is 0 Å². The van der Waals surface area contributed by atoms with Crippen molar-refractivity contribution in [2.75, 3.05) is 0 Å². The van der Waals surface area contributed by atoms with E-state index >= 15 is 0 Å². The fraction of sp³-hybridized carbons (Fsp3) is 0.167. The number of ether oxygens (including phenoxy) is 1. The van der Waals surface area contributed by atoms with E-state index in [1.54, 1.807) is 0 Å². The Balaban J connectivity index is 3.15. The van der Waals surface area contributed by atoms with E-state index in [0.29, 0.717) is 6.29 Å². The lowest BCUT2D eigenvalue weighted by molar-refractivity contribution is -0.274. The second-order valence-corrected chi connectivity index (χ2v) is 3.27. The molecule has 0 bridgehead atoms. The van der Waals surface area contributed by atoms with Crippen LogP contribution in [0.4, 0.5) is 13.2 Å². The Labute approximate surface area is 105 Å². The van der Waals surface area contributed by atoms with Gasteiger partial charge in [0.25, 0.3) is 0 Å². The average Bonchev–Trinajstić information content (AvgIpc) is 2.26. The van der Waals surface area contributed by atoms with E-state index in [-0.39, 0.29) is 12.0 Å². The van der Waals surface area contributed by atoms with Gasteiger partial charge in [0.15, 0.2) is 0 Å². The van der Waals surface area contributed by atoms with Crippen molar-refractivity contribution in [2.45, 2.75) is 12.8 Å². The molecule has 1 rings (SSSR count). The number of carboxylic acids is 1. The fourth-order valence-electron chi connectivity index (χ4n) is 1.18. The minimum atomic E-state index is -4.93. The predicted octanol–water partition coefficient (Wildman–Crippen LogP) is 2.22. The highest BCUT2D eigenvalue weighted by Gasteiger charge is 2.31. The van der Waals surface area contributed by atoms with Gasteiger partial charge in [-0.3, -0.25) is 0 Å². The monoisotopic (exact) mass is 272 g/mol. The molecule has 4 nitrogen and oxygen atoms in total. The molecule has 0 aliphatic heterocycles. The van der Waals surface area contributed by atoms with Gasteiger partial charge in [-0.05, 0) is 18.2 Å². The number of rotatable bonds is 3. The number of hydrogen-bond acceptors (Lipinski definition) is 3. The highest BCUT2D eigenvalue weighted by atomic mass is 19.4. The summed E-state index contributed by atoms with van der Waals surface area (Å²) >= 11 is 0. The van der Waals surface area contributed by atoms with Crippen molar-refractivity contribution in [3.05, 3.63) is 29.3 Å². The van der Waals surface area contributed by atoms with Gasteiger partial charge in [0.05, 0.1) is 12.0 Å². The Morgan fingerprint density at radius 2 is 2.05 bits per heavy atom. The van der Waals surface area contributed by atoms with Crippen LogP contribution in [-0.4, -0.2) is 23.7 Å². The number of carbonyl (C=O) groups is 2. The molecule has 0 radical (unpaired) electrons. The van der Waals surface area contributed by atoms with E-state index in [2.05, 4.69) is 16.6 Å². The predicted molar refractivity (Wildman–Crippen MR) is 57.6 cm³/mol. The average molecular weight is 272 g/mol. The van der Waals surface area contributed by atoms with Gasteiger partial charge in [-0.1, -0.05) is 11.8 Å².